The number of anilines is 2. The Morgan fingerprint density at radius 2 is 1.93 bits per heavy atom. The Balaban J connectivity index is 1.72. The molecule has 8 heteroatoms. The minimum atomic E-state index is -0.327. The Morgan fingerprint density at radius 1 is 1.11 bits per heavy atom. The molecule has 3 rings (SSSR count). The first-order chi connectivity index (χ1) is 13.6. The Bertz CT molecular complexity index is 981. The minimum absolute atomic E-state index is 0.233. The number of ether oxygens (including phenoxy) is 2. The van der Waals surface area contributed by atoms with Gasteiger partial charge in [0.25, 0.3) is 5.91 Å². The molecule has 0 atom stereocenters. The second kappa shape index (κ2) is 9.05. The molecule has 2 aromatic carbocycles. The van der Waals surface area contributed by atoms with Crippen LogP contribution in [-0.4, -0.2) is 30.1 Å². The van der Waals surface area contributed by atoms with Gasteiger partial charge in [0.2, 0.25) is 5.95 Å². The molecule has 1 amide bonds. The fourth-order valence-corrected chi connectivity index (χ4v) is 2.68. The van der Waals surface area contributed by atoms with Crippen LogP contribution in [0, 0.1) is 0 Å². The van der Waals surface area contributed by atoms with Crippen LogP contribution in [0.25, 0.3) is 0 Å². The van der Waals surface area contributed by atoms with Crippen molar-refractivity contribution < 1.29 is 14.3 Å². The molecule has 0 bridgehead atoms. The fraction of sp³-hybridized carbons (Fsp3) is 0.150. The zero-order valence-electron chi connectivity index (χ0n) is 15.4. The number of hydrogen-bond acceptors (Lipinski definition) is 6. The van der Waals surface area contributed by atoms with Gasteiger partial charge < -0.3 is 20.1 Å². The Morgan fingerprint density at radius 3 is 2.68 bits per heavy atom. The van der Waals surface area contributed by atoms with Crippen LogP contribution in [0.5, 0.6) is 11.5 Å². The van der Waals surface area contributed by atoms with E-state index in [0.29, 0.717) is 28.8 Å². The van der Waals surface area contributed by atoms with E-state index < -0.39 is 0 Å². The van der Waals surface area contributed by atoms with Crippen LogP contribution in [0.2, 0.25) is 5.02 Å². The number of nitrogens with one attached hydrogen (secondary N) is 2. The number of benzene rings is 2. The van der Waals surface area contributed by atoms with Crippen LogP contribution in [-0.2, 0) is 6.54 Å². The van der Waals surface area contributed by atoms with Gasteiger partial charge in [-0.25, -0.2) is 9.97 Å². The largest absolute Gasteiger partial charge is 0.497 e. The third kappa shape index (κ3) is 4.69. The third-order valence-electron chi connectivity index (χ3n) is 3.94. The lowest BCUT2D eigenvalue weighted by Gasteiger charge is -2.12. The molecule has 0 saturated heterocycles. The lowest BCUT2D eigenvalue weighted by Crippen LogP contribution is -2.24. The lowest BCUT2D eigenvalue weighted by atomic mass is 10.2. The molecule has 1 heterocycles. The molecule has 144 valence electrons. The number of nitrogens with zero attached hydrogens (tertiary/aromatic N) is 2. The zero-order chi connectivity index (χ0) is 19.9. The number of halogens is 1. The van der Waals surface area contributed by atoms with Crippen LogP contribution in [0.15, 0.2) is 54.7 Å². The van der Waals surface area contributed by atoms with Crippen LogP contribution in [0.1, 0.15) is 16.1 Å². The second-order valence-corrected chi connectivity index (χ2v) is 6.14. The van der Waals surface area contributed by atoms with Crippen molar-refractivity contribution in [1.29, 1.82) is 0 Å². The van der Waals surface area contributed by atoms with Gasteiger partial charge in [-0.1, -0.05) is 29.8 Å². The maximum absolute atomic E-state index is 12.4. The van der Waals surface area contributed by atoms with Gasteiger partial charge in [-0.15, -0.1) is 0 Å². The van der Waals surface area contributed by atoms with Gasteiger partial charge in [0, 0.05) is 23.8 Å². The van der Waals surface area contributed by atoms with E-state index in [-0.39, 0.29) is 17.5 Å². The second-order valence-electron chi connectivity index (χ2n) is 5.73. The molecule has 1 aromatic heterocycles. The zero-order valence-corrected chi connectivity index (χ0v) is 16.2. The fourth-order valence-electron chi connectivity index (χ4n) is 2.48. The summed E-state index contributed by atoms with van der Waals surface area (Å²) in [5.41, 5.74) is 1.71. The Kier molecular flexibility index (Phi) is 6.29. The van der Waals surface area contributed by atoms with Crippen LogP contribution in [0.4, 0.5) is 11.6 Å². The topological polar surface area (TPSA) is 85.4 Å². The maximum Gasteiger partial charge on any atom is 0.270 e. The highest BCUT2D eigenvalue weighted by Crippen LogP contribution is 2.30. The van der Waals surface area contributed by atoms with Gasteiger partial charge >= 0.3 is 0 Å². The Labute approximate surface area is 167 Å². The van der Waals surface area contributed by atoms with E-state index in [9.17, 15) is 4.79 Å². The lowest BCUT2D eigenvalue weighted by molar-refractivity contribution is 0.0946. The number of methoxy groups -OCH3 is 2. The molecular weight excluding hydrogens is 380 g/mol. The van der Waals surface area contributed by atoms with E-state index in [1.165, 1.54) is 6.20 Å². The first kappa shape index (κ1) is 19.4. The summed E-state index contributed by atoms with van der Waals surface area (Å²) in [6.07, 6.45) is 1.51. The van der Waals surface area contributed by atoms with E-state index in [2.05, 4.69) is 20.6 Å². The number of rotatable bonds is 7. The number of carbonyl (C=O) groups excluding carboxylic acids is 1. The highest BCUT2D eigenvalue weighted by atomic mass is 35.5. The summed E-state index contributed by atoms with van der Waals surface area (Å²) in [4.78, 5) is 20.9. The van der Waals surface area contributed by atoms with E-state index in [1.54, 1.807) is 44.6 Å². The Hall–Kier alpha value is -3.32. The normalized spacial score (nSPS) is 10.2. The molecule has 2 N–H and O–H groups in total. The standard InChI is InChI=1S/C20H19ClN4O3/c1-27-14-7-8-16(18(11-14)28-2)24-20-22-10-9-17(25-20)19(26)23-12-13-5-3-4-6-15(13)21/h3-11H,12H2,1-2H3,(H,23,26)(H,22,24,25). The molecule has 0 saturated carbocycles. The van der Waals surface area contributed by atoms with Gasteiger partial charge in [0.15, 0.2) is 0 Å². The average Bonchev–Trinajstić information content (AvgIpc) is 2.73. The van der Waals surface area contributed by atoms with Gasteiger partial charge in [-0.3, -0.25) is 4.79 Å². The number of hydrogen-bond donors (Lipinski definition) is 2. The molecule has 28 heavy (non-hydrogen) atoms. The predicted molar refractivity (Wildman–Crippen MR) is 107 cm³/mol. The molecule has 0 aliphatic carbocycles. The molecule has 7 nitrogen and oxygen atoms in total. The summed E-state index contributed by atoms with van der Waals surface area (Å²) in [5, 5.41) is 6.45. The SMILES string of the molecule is COc1ccc(Nc2nccc(C(=O)NCc3ccccc3Cl)n2)c(OC)c1. The van der Waals surface area contributed by atoms with Crippen molar-refractivity contribution in [3.63, 3.8) is 0 Å². The molecule has 0 unspecified atom stereocenters. The highest BCUT2D eigenvalue weighted by Gasteiger charge is 2.11. The quantitative estimate of drug-likeness (QED) is 0.629. The molecule has 0 radical (unpaired) electrons. The minimum Gasteiger partial charge on any atom is -0.497 e. The number of carbonyl (C=O) groups is 1. The third-order valence-corrected chi connectivity index (χ3v) is 4.31. The van der Waals surface area contributed by atoms with Crippen LogP contribution >= 0.6 is 11.6 Å². The molecule has 0 aliphatic heterocycles. The summed E-state index contributed by atoms with van der Waals surface area (Å²) in [5.74, 6) is 1.17. The van der Waals surface area contributed by atoms with Gasteiger partial charge in [-0.2, -0.15) is 0 Å². The van der Waals surface area contributed by atoms with Crippen molar-refractivity contribution in [2.75, 3.05) is 19.5 Å². The summed E-state index contributed by atoms with van der Waals surface area (Å²) in [7, 11) is 3.13. The van der Waals surface area contributed by atoms with Crippen molar-refractivity contribution in [2.24, 2.45) is 0 Å². The number of aromatic nitrogens is 2. The molecule has 0 spiro atoms. The van der Waals surface area contributed by atoms with Crippen molar-refractivity contribution in [3.8, 4) is 11.5 Å². The van der Waals surface area contributed by atoms with Crippen molar-refractivity contribution in [1.82, 2.24) is 15.3 Å². The molecule has 3 aromatic rings. The summed E-state index contributed by atoms with van der Waals surface area (Å²) in [6, 6.07) is 14.2. The van der Waals surface area contributed by atoms with Gasteiger partial charge in [-0.05, 0) is 29.8 Å². The molecule has 0 fully saturated rings. The van der Waals surface area contributed by atoms with Crippen molar-refractivity contribution in [2.45, 2.75) is 6.54 Å². The average molecular weight is 399 g/mol. The van der Waals surface area contributed by atoms with Crippen LogP contribution < -0.4 is 20.1 Å². The number of amides is 1. The molecule has 0 aliphatic rings. The van der Waals surface area contributed by atoms with E-state index in [1.807, 2.05) is 18.2 Å². The van der Waals surface area contributed by atoms with Crippen LogP contribution in [0.3, 0.4) is 0 Å². The van der Waals surface area contributed by atoms with E-state index in [4.69, 9.17) is 21.1 Å². The van der Waals surface area contributed by atoms with Crippen molar-refractivity contribution >= 4 is 29.1 Å². The van der Waals surface area contributed by atoms with Gasteiger partial charge in [0.05, 0.1) is 19.9 Å². The summed E-state index contributed by atoms with van der Waals surface area (Å²) < 4.78 is 10.5. The monoisotopic (exact) mass is 398 g/mol. The summed E-state index contributed by atoms with van der Waals surface area (Å²) >= 11 is 6.11. The maximum atomic E-state index is 12.4. The highest BCUT2D eigenvalue weighted by molar-refractivity contribution is 6.31. The molecular formula is C20H19ClN4O3. The van der Waals surface area contributed by atoms with E-state index in [0.717, 1.165) is 5.56 Å². The smallest absolute Gasteiger partial charge is 0.270 e. The van der Waals surface area contributed by atoms with Crippen molar-refractivity contribution in [3.05, 3.63) is 71.0 Å². The first-order valence-corrected chi connectivity index (χ1v) is 8.82. The predicted octanol–water partition coefficient (Wildman–Crippen LogP) is 3.82. The first-order valence-electron chi connectivity index (χ1n) is 8.44. The van der Waals surface area contributed by atoms with E-state index >= 15 is 0 Å². The summed E-state index contributed by atoms with van der Waals surface area (Å²) in [6.45, 7) is 0.303. The van der Waals surface area contributed by atoms with Gasteiger partial charge in [0.1, 0.15) is 17.2 Å².